The van der Waals surface area contributed by atoms with Gasteiger partial charge in [0, 0.05) is 25.1 Å². The van der Waals surface area contributed by atoms with Crippen molar-refractivity contribution in [3.63, 3.8) is 0 Å². The van der Waals surface area contributed by atoms with Crippen molar-refractivity contribution in [3.8, 4) is 0 Å². The number of hydrogen-bond acceptors (Lipinski definition) is 4. The summed E-state index contributed by atoms with van der Waals surface area (Å²) in [5, 5.41) is 2.98. The Morgan fingerprint density at radius 2 is 1.47 bits per heavy atom. The number of hydrogen-bond donors (Lipinski definition) is 1. The number of nitrogens with one attached hydrogen (secondary N) is 1. The molecule has 4 aromatic carbocycles. The fraction of sp³-hybridized carbons (Fsp3) is 0.212. The van der Waals surface area contributed by atoms with Gasteiger partial charge in [0.2, 0.25) is 11.8 Å². The summed E-state index contributed by atoms with van der Waals surface area (Å²) < 4.78 is 43.8. The van der Waals surface area contributed by atoms with Gasteiger partial charge in [-0.25, -0.2) is 12.8 Å². The SMILES string of the molecule is CCCNC(=O)C(Cc1ccccc1)N(Cc1ccccc1F)C(=O)CN(c1ccccc1Cl)S(=O)(=O)c1ccccc1. The number of carbonyl (C=O) groups excluding carboxylic acids is 2. The molecule has 224 valence electrons. The molecule has 4 aromatic rings. The maximum atomic E-state index is 14.9. The smallest absolute Gasteiger partial charge is 0.264 e. The van der Waals surface area contributed by atoms with Crippen LogP contribution in [0.15, 0.2) is 114 Å². The van der Waals surface area contributed by atoms with Gasteiger partial charge >= 0.3 is 0 Å². The van der Waals surface area contributed by atoms with Crippen LogP contribution in [0.2, 0.25) is 5.02 Å². The van der Waals surface area contributed by atoms with Crippen LogP contribution in [-0.2, 0) is 32.6 Å². The van der Waals surface area contributed by atoms with E-state index in [-0.39, 0.29) is 34.1 Å². The van der Waals surface area contributed by atoms with Crippen molar-refractivity contribution in [1.82, 2.24) is 10.2 Å². The molecule has 0 aliphatic heterocycles. The quantitative estimate of drug-likeness (QED) is 0.203. The Morgan fingerprint density at radius 3 is 2.12 bits per heavy atom. The molecule has 43 heavy (non-hydrogen) atoms. The van der Waals surface area contributed by atoms with Crippen molar-refractivity contribution < 1.29 is 22.4 Å². The lowest BCUT2D eigenvalue weighted by atomic mass is 10.0. The van der Waals surface area contributed by atoms with E-state index >= 15 is 0 Å². The normalized spacial score (nSPS) is 11.9. The number of nitrogens with zero attached hydrogens (tertiary/aromatic N) is 2. The second-order valence-electron chi connectivity index (χ2n) is 9.89. The van der Waals surface area contributed by atoms with Crippen molar-refractivity contribution in [1.29, 1.82) is 0 Å². The first-order chi connectivity index (χ1) is 20.7. The molecule has 0 bridgehead atoms. The zero-order chi connectivity index (χ0) is 30.8. The first-order valence-electron chi connectivity index (χ1n) is 13.9. The van der Waals surface area contributed by atoms with E-state index in [1.165, 1.54) is 47.4 Å². The van der Waals surface area contributed by atoms with Crippen LogP contribution in [0.25, 0.3) is 0 Å². The molecule has 2 amide bonds. The molecule has 4 rings (SSSR count). The van der Waals surface area contributed by atoms with Crippen molar-refractivity contribution in [2.45, 2.75) is 37.2 Å². The van der Waals surface area contributed by atoms with E-state index in [0.717, 1.165) is 9.87 Å². The van der Waals surface area contributed by atoms with Crippen molar-refractivity contribution in [2.75, 3.05) is 17.4 Å². The van der Waals surface area contributed by atoms with Gasteiger partial charge in [0.15, 0.2) is 0 Å². The third-order valence-corrected chi connectivity index (χ3v) is 8.94. The van der Waals surface area contributed by atoms with Gasteiger partial charge < -0.3 is 10.2 Å². The molecule has 0 spiro atoms. The van der Waals surface area contributed by atoms with Crippen LogP contribution in [0.5, 0.6) is 0 Å². The zero-order valence-corrected chi connectivity index (χ0v) is 25.3. The van der Waals surface area contributed by atoms with Gasteiger partial charge in [-0.2, -0.15) is 0 Å². The number of rotatable bonds is 13. The number of sulfonamides is 1. The van der Waals surface area contributed by atoms with Gasteiger partial charge in [-0.15, -0.1) is 0 Å². The Balaban J connectivity index is 1.81. The summed E-state index contributed by atoms with van der Waals surface area (Å²) >= 11 is 6.46. The lowest BCUT2D eigenvalue weighted by Crippen LogP contribution is -2.53. The number of benzene rings is 4. The summed E-state index contributed by atoms with van der Waals surface area (Å²) in [6, 6.07) is 28.1. The molecule has 0 aliphatic rings. The summed E-state index contributed by atoms with van der Waals surface area (Å²) in [5.41, 5.74) is 1.07. The van der Waals surface area contributed by atoms with Gasteiger partial charge in [-0.05, 0) is 42.3 Å². The minimum absolute atomic E-state index is 0.0371. The van der Waals surface area contributed by atoms with Gasteiger partial charge in [0.05, 0.1) is 15.6 Å². The van der Waals surface area contributed by atoms with Gasteiger partial charge in [0.25, 0.3) is 10.0 Å². The van der Waals surface area contributed by atoms with E-state index in [2.05, 4.69) is 5.32 Å². The van der Waals surface area contributed by atoms with Gasteiger partial charge in [0.1, 0.15) is 18.4 Å². The molecule has 10 heteroatoms. The molecule has 0 radical (unpaired) electrons. The van der Waals surface area contributed by atoms with Crippen LogP contribution in [0.4, 0.5) is 10.1 Å². The average Bonchev–Trinajstić information content (AvgIpc) is 3.02. The third-order valence-electron chi connectivity index (χ3n) is 6.85. The summed E-state index contributed by atoms with van der Waals surface area (Å²) in [5.74, 6) is -1.67. The molecule has 0 aliphatic carbocycles. The topological polar surface area (TPSA) is 86.8 Å². The summed E-state index contributed by atoms with van der Waals surface area (Å²) in [4.78, 5) is 29.1. The monoisotopic (exact) mass is 621 g/mol. The van der Waals surface area contributed by atoms with E-state index < -0.39 is 40.2 Å². The largest absolute Gasteiger partial charge is 0.354 e. The van der Waals surface area contributed by atoms with Crippen molar-refractivity contribution in [2.24, 2.45) is 0 Å². The summed E-state index contributed by atoms with van der Waals surface area (Å²) in [6.07, 6.45) is 0.800. The number of para-hydroxylation sites is 1. The molecule has 7 nitrogen and oxygen atoms in total. The molecule has 1 unspecified atom stereocenters. The fourth-order valence-electron chi connectivity index (χ4n) is 4.62. The molecule has 0 fully saturated rings. The number of halogens is 2. The van der Waals surface area contributed by atoms with E-state index in [4.69, 9.17) is 11.6 Å². The Bertz CT molecular complexity index is 1640. The van der Waals surface area contributed by atoms with Crippen LogP contribution >= 0.6 is 11.6 Å². The second-order valence-corrected chi connectivity index (χ2v) is 12.2. The lowest BCUT2D eigenvalue weighted by Gasteiger charge is -2.34. The maximum absolute atomic E-state index is 14.9. The van der Waals surface area contributed by atoms with Gasteiger partial charge in [-0.3, -0.25) is 13.9 Å². The molecule has 1 atom stereocenters. The fourth-order valence-corrected chi connectivity index (χ4v) is 6.36. The minimum atomic E-state index is -4.28. The summed E-state index contributed by atoms with van der Waals surface area (Å²) in [6.45, 7) is 1.34. The first-order valence-corrected chi connectivity index (χ1v) is 15.7. The van der Waals surface area contributed by atoms with Crippen LogP contribution in [0, 0.1) is 5.82 Å². The Labute approximate surface area is 257 Å². The van der Waals surface area contributed by atoms with Crippen molar-refractivity contribution in [3.05, 3.63) is 131 Å². The summed E-state index contributed by atoms with van der Waals surface area (Å²) in [7, 11) is -4.28. The molecule has 0 saturated heterocycles. The van der Waals surface area contributed by atoms with Crippen LogP contribution in [-0.4, -0.2) is 44.3 Å². The van der Waals surface area contributed by atoms with Crippen LogP contribution < -0.4 is 9.62 Å². The van der Waals surface area contributed by atoms with E-state index in [9.17, 15) is 22.4 Å². The highest BCUT2D eigenvalue weighted by molar-refractivity contribution is 7.92. The minimum Gasteiger partial charge on any atom is -0.354 e. The number of carbonyl (C=O) groups is 2. The van der Waals surface area contributed by atoms with E-state index in [0.29, 0.717) is 13.0 Å². The highest BCUT2D eigenvalue weighted by Crippen LogP contribution is 2.31. The molecular weight excluding hydrogens is 589 g/mol. The van der Waals surface area contributed by atoms with E-state index in [1.807, 2.05) is 37.3 Å². The zero-order valence-electron chi connectivity index (χ0n) is 23.7. The molecule has 0 aromatic heterocycles. The number of amides is 2. The maximum Gasteiger partial charge on any atom is 0.264 e. The molecular formula is C33H33ClFN3O4S. The number of anilines is 1. The van der Waals surface area contributed by atoms with Crippen molar-refractivity contribution >= 4 is 39.1 Å². The predicted molar refractivity (Wildman–Crippen MR) is 167 cm³/mol. The third kappa shape index (κ3) is 8.00. The van der Waals surface area contributed by atoms with E-state index in [1.54, 1.807) is 36.4 Å². The highest BCUT2D eigenvalue weighted by Gasteiger charge is 2.35. The Hall–Kier alpha value is -4.21. The predicted octanol–water partition coefficient (Wildman–Crippen LogP) is 5.84. The average molecular weight is 622 g/mol. The van der Waals surface area contributed by atoms with Gasteiger partial charge in [-0.1, -0.05) is 97.4 Å². The molecule has 0 heterocycles. The molecule has 1 N–H and O–H groups in total. The molecule has 0 saturated carbocycles. The first kappa shape index (κ1) is 31.7. The van der Waals surface area contributed by atoms with Crippen LogP contribution in [0.3, 0.4) is 0 Å². The van der Waals surface area contributed by atoms with Crippen LogP contribution in [0.1, 0.15) is 24.5 Å². The lowest BCUT2D eigenvalue weighted by molar-refractivity contribution is -0.140. The Kier molecular flexibility index (Phi) is 10.9. The standard InChI is InChI=1S/C33H33ClFN3O4S/c1-2-21-36-33(40)31(22-25-13-5-3-6-14-25)37(23-26-15-9-11-19-29(26)35)32(39)24-38(30-20-12-10-18-28(30)34)43(41,42)27-16-7-4-8-17-27/h3-20,31H,2,21-24H2,1H3,(H,36,40). The Morgan fingerprint density at radius 1 is 0.860 bits per heavy atom. The second kappa shape index (κ2) is 14.8. The highest BCUT2D eigenvalue weighted by atomic mass is 35.5.